The lowest BCUT2D eigenvalue weighted by atomic mass is 10.2. The van der Waals surface area contributed by atoms with Gasteiger partial charge in [0.2, 0.25) is 0 Å². The number of anilines is 1. The maximum absolute atomic E-state index is 13.0. The zero-order valence-electron chi connectivity index (χ0n) is 18.4. The fourth-order valence-corrected chi connectivity index (χ4v) is 3.79. The first-order valence-corrected chi connectivity index (χ1v) is 11.5. The van der Waals surface area contributed by atoms with Gasteiger partial charge in [0.15, 0.2) is 6.61 Å². The number of aryl methyl sites for hydroxylation is 2. The van der Waals surface area contributed by atoms with Crippen LogP contribution in [0.3, 0.4) is 0 Å². The molecule has 0 aliphatic carbocycles. The van der Waals surface area contributed by atoms with Crippen LogP contribution in [0.1, 0.15) is 17.0 Å². The van der Waals surface area contributed by atoms with E-state index in [0.29, 0.717) is 38.8 Å². The molecule has 1 amide bonds. The molecule has 0 fully saturated rings. The van der Waals surface area contributed by atoms with Crippen molar-refractivity contribution in [2.75, 3.05) is 11.9 Å². The Kier molecular flexibility index (Phi) is 7.09. The van der Waals surface area contributed by atoms with E-state index in [2.05, 4.69) is 31.3 Å². The third-order valence-electron chi connectivity index (χ3n) is 4.95. The third kappa shape index (κ3) is 5.52. The molecule has 1 aromatic heterocycles. The first-order chi connectivity index (χ1) is 16.3. The predicted octanol–water partition coefficient (Wildman–Crippen LogP) is 5.33. The number of hydrogen-bond acceptors (Lipinski definition) is 5. The van der Waals surface area contributed by atoms with Crippen molar-refractivity contribution >= 4 is 56.2 Å². The normalized spacial score (nSPS) is 11.2. The summed E-state index contributed by atoms with van der Waals surface area (Å²) < 4.78 is 7.70. The Labute approximate surface area is 209 Å². The summed E-state index contributed by atoms with van der Waals surface area (Å²) in [6.07, 6.45) is 1.46. The van der Waals surface area contributed by atoms with E-state index in [-0.39, 0.29) is 18.1 Å². The van der Waals surface area contributed by atoms with Gasteiger partial charge in [-0.1, -0.05) is 45.2 Å². The Morgan fingerprint density at radius 3 is 2.68 bits per heavy atom. The Morgan fingerprint density at radius 1 is 1.15 bits per heavy atom. The SMILES string of the molecule is Cc1ccc(NC(=O)COc2ccc(Cl)cc2C=Nn2c(C)nc3ccc(Br)cc3c2=O)cc1. The quantitative estimate of drug-likeness (QED) is 0.336. The van der Waals surface area contributed by atoms with Crippen LogP contribution in [-0.2, 0) is 4.79 Å². The molecular weight excluding hydrogens is 520 g/mol. The third-order valence-corrected chi connectivity index (χ3v) is 5.68. The number of halogens is 2. The molecule has 0 radical (unpaired) electrons. The first-order valence-electron chi connectivity index (χ1n) is 10.3. The second-order valence-electron chi connectivity index (χ2n) is 7.57. The number of hydrogen-bond donors (Lipinski definition) is 1. The molecule has 0 saturated heterocycles. The number of amides is 1. The highest BCUT2D eigenvalue weighted by atomic mass is 79.9. The van der Waals surface area contributed by atoms with E-state index in [1.54, 1.807) is 37.3 Å². The molecule has 0 saturated carbocycles. The van der Waals surface area contributed by atoms with E-state index < -0.39 is 0 Å². The van der Waals surface area contributed by atoms with Crippen LogP contribution in [0.4, 0.5) is 5.69 Å². The number of fused-ring (bicyclic) bond motifs is 1. The monoisotopic (exact) mass is 538 g/mol. The van der Waals surface area contributed by atoms with E-state index in [4.69, 9.17) is 16.3 Å². The summed E-state index contributed by atoms with van der Waals surface area (Å²) in [5.74, 6) is 0.519. The standard InChI is InChI=1S/C25H20BrClN4O3/c1-15-3-7-20(8-4-15)30-24(32)14-34-23-10-6-19(27)11-17(23)13-28-31-16(2)29-22-9-5-18(26)12-21(22)25(31)33/h3-13H,14H2,1-2H3,(H,30,32). The summed E-state index contributed by atoms with van der Waals surface area (Å²) in [7, 11) is 0. The van der Waals surface area contributed by atoms with Crippen molar-refractivity contribution < 1.29 is 9.53 Å². The van der Waals surface area contributed by atoms with Crippen LogP contribution in [0.15, 0.2) is 75.0 Å². The fourth-order valence-electron chi connectivity index (χ4n) is 3.24. The van der Waals surface area contributed by atoms with Gasteiger partial charge in [0.05, 0.1) is 17.1 Å². The van der Waals surface area contributed by atoms with Gasteiger partial charge in [0.25, 0.3) is 11.5 Å². The maximum Gasteiger partial charge on any atom is 0.282 e. The van der Waals surface area contributed by atoms with Crippen LogP contribution in [0.2, 0.25) is 5.02 Å². The highest BCUT2D eigenvalue weighted by Gasteiger charge is 2.10. The lowest BCUT2D eigenvalue weighted by molar-refractivity contribution is -0.118. The van der Waals surface area contributed by atoms with Gasteiger partial charge < -0.3 is 10.1 Å². The summed E-state index contributed by atoms with van der Waals surface area (Å²) in [4.78, 5) is 29.7. The van der Waals surface area contributed by atoms with E-state index in [1.165, 1.54) is 10.9 Å². The Balaban J connectivity index is 1.56. The number of aromatic nitrogens is 2. The van der Waals surface area contributed by atoms with Crippen molar-refractivity contribution in [3.05, 3.63) is 97.5 Å². The predicted molar refractivity (Wildman–Crippen MR) is 138 cm³/mol. The molecular formula is C25H20BrClN4O3. The van der Waals surface area contributed by atoms with Crippen LogP contribution < -0.4 is 15.6 Å². The molecule has 0 atom stereocenters. The molecule has 172 valence electrons. The minimum Gasteiger partial charge on any atom is -0.483 e. The van der Waals surface area contributed by atoms with E-state index in [1.807, 2.05) is 37.3 Å². The average molecular weight is 540 g/mol. The summed E-state index contributed by atoms with van der Waals surface area (Å²) in [5, 5.41) is 8.00. The number of rotatable bonds is 6. The molecule has 0 bridgehead atoms. The van der Waals surface area contributed by atoms with E-state index >= 15 is 0 Å². The minimum absolute atomic E-state index is 0.207. The topological polar surface area (TPSA) is 85.6 Å². The lowest BCUT2D eigenvalue weighted by Gasteiger charge is -2.11. The van der Waals surface area contributed by atoms with Gasteiger partial charge in [-0.2, -0.15) is 9.78 Å². The van der Waals surface area contributed by atoms with Gasteiger partial charge in [-0.3, -0.25) is 9.59 Å². The van der Waals surface area contributed by atoms with Crippen molar-refractivity contribution in [1.29, 1.82) is 0 Å². The van der Waals surface area contributed by atoms with Crippen LogP contribution in [-0.4, -0.2) is 28.4 Å². The summed E-state index contributed by atoms with van der Waals surface area (Å²) in [6.45, 7) is 3.47. The molecule has 1 N–H and O–H groups in total. The fraction of sp³-hybridized carbons (Fsp3) is 0.120. The van der Waals surface area contributed by atoms with Crippen molar-refractivity contribution in [1.82, 2.24) is 9.66 Å². The van der Waals surface area contributed by atoms with Gasteiger partial charge in [-0.25, -0.2) is 4.98 Å². The number of ether oxygens (including phenoxy) is 1. The number of carbonyl (C=O) groups is 1. The average Bonchev–Trinajstić information content (AvgIpc) is 2.80. The van der Waals surface area contributed by atoms with Gasteiger partial charge in [-0.05, 0) is 62.4 Å². The lowest BCUT2D eigenvalue weighted by Crippen LogP contribution is -2.21. The number of nitrogens with zero attached hydrogens (tertiary/aromatic N) is 3. The smallest absolute Gasteiger partial charge is 0.282 e. The molecule has 4 rings (SSSR count). The molecule has 3 aromatic carbocycles. The van der Waals surface area contributed by atoms with Crippen molar-refractivity contribution in [3.63, 3.8) is 0 Å². The number of carbonyl (C=O) groups excluding carboxylic acids is 1. The van der Waals surface area contributed by atoms with Crippen LogP contribution >= 0.6 is 27.5 Å². The van der Waals surface area contributed by atoms with Crippen LogP contribution in [0.25, 0.3) is 10.9 Å². The van der Waals surface area contributed by atoms with E-state index in [0.717, 1.165) is 10.0 Å². The van der Waals surface area contributed by atoms with Gasteiger partial charge in [0.1, 0.15) is 11.6 Å². The molecule has 9 heteroatoms. The van der Waals surface area contributed by atoms with Crippen molar-refractivity contribution in [3.8, 4) is 5.75 Å². The first kappa shape index (κ1) is 23.7. The number of nitrogens with one attached hydrogen (secondary N) is 1. The number of benzene rings is 3. The summed E-state index contributed by atoms with van der Waals surface area (Å²) in [5.41, 5.74) is 2.58. The summed E-state index contributed by atoms with van der Waals surface area (Å²) in [6, 6.07) is 17.7. The Bertz CT molecular complexity index is 1470. The zero-order chi connectivity index (χ0) is 24.2. The van der Waals surface area contributed by atoms with Crippen molar-refractivity contribution in [2.24, 2.45) is 5.10 Å². The largest absolute Gasteiger partial charge is 0.483 e. The molecule has 34 heavy (non-hydrogen) atoms. The second kappa shape index (κ2) is 10.2. The molecule has 0 aliphatic heterocycles. The maximum atomic E-state index is 13.0. The van der Waals surface area contributed by atoms with Gasteiger partial charge in [-0.15, -0.1) is 0 Å². The van der Waals surface area contributed by atoms with Crippen LogP contribution in [0, 0.1) is 13.8 Å². The molecule has 7 nitrogen and oxygen atoms in total. The second-order valence-corrected chi connectivity index (χ2v) is 8.92. The van der Waals surface area contributed by atoms with E-state index in [9.17, 15) is 9.59 Å². The van der Waals surface area contributed by atoms with Crippen molar-refractivity contribution in [2.45, 2.75) is 13.8 Å². The highest BCUT2D eigenvalue weighted by Crippen LogP contribution is 2.22. The summed E-state index contributed by atoms with van der Waals surface area (Å²) >= 11 is 9.53. The Hall–Kier alpha value is -3.49. The van der Waals surface area contributed by atoms with Gasteiger partial charge in [0, 0.05) is 20.7 Å². The molecule has 4 aromatic rings. The molecule has 0 spiro atoms. The zero-order valence-corrected chi connectivity index (χ0v) is 20.7. The molecule has 0 aliphatic rings. The van der Waals surface area contributed by atoms with Gasteiger partial charge >= 0.3 is 0 Å². The van der Waals surface area contributed by atoms with Crippen LogP contribution in [0.5, 0.6) is 5.75 Å². The highest BCUT2D eigenvalue weighted by molar-refractivity contribution is 9.10. The molecule has 1 heterocycles. The Morgan fingerprint density at radius 2 is 1.91 bits per heavy atom. The minimum atomic E-state index is -0.307. The molecule has 0 unspecified atom stereocenters.